The maximum absolute atomic E-state index is 10.8. The second-order valence-corrected chi connectivity index (χ2v) is 4.66. The quantitative estimate of drug-likeness (QED) is 0.622. The average Bonchev–Trinajstić information content (AvgIpc) is 2.31. The third kappa shape index (κ3) is 3.12. The molecule has 0 radical (unpaired) electrons. The summed E-state index contributed by atoms with van der Waals surface area (Å²) in [6.45, 7) is 0.634. The van der Waals surface area contributed by atoms with E-state index in [1.807, 2.05) is 0 Å². The van der Waals surface area contributed by atoms with Gasteiger partial charge >= 0.3 is 0 Å². The number of anilines is 1. The SMILES string of the molecule is CNc1cc(OCCC2CCC2)cc([N+](=O)[O-])c1. The number of ether oxygens (including phenoxy) is 1. The van der Waals surface area contributed by atoms with Gasteiger partial charge in [-0.25, -0.2) is 0 Å². The Hall–Kier alpha value is -1.78. The molecule has 0 aromatic heterocycles. The Bertz CT molecular complexity index is 430. The Labute approximate surface area is 106 Å². The summed E-state index contributed by atoms with van der Waals surface area (Å²) in [5.41, 5.74) is 0.753. The Morgan fingerprint density at radius 1 is 1.44 bits per heavy atom. The van der Waals surface area contributed by atoms with Crippen LogP contribution in [-0.2, 0) is 0 Å². The van der Waals surface area contributed by atoms with E-state index in [4.69, 9.17) is 4.74 Å². The van der Waals surface area contributed by atoms with Crippen LogP contribution in [0.4, 0.5) is 11.4 Å². The summed E-state index contributed by atoms with van der Waals surface area (Å²) in [5, 5.41) is 13.7. The summed E-state index contributed by atoms with van der Waals surface area (Å²) in [5.74, 6) is 1.35. The van der Waals surface area contributed by atoms with Crippen LogP contribution >= 0.6 is 0 Å². The zero-order chi connectivity index (χ0) is 13.0. The van der Waals surface area contributed by atoms with Crippen LogP contribution in [0.3, 0.4) is 0 Å². The highest BCUT2D eigenvalue weighted by molar-refractivity contribution is 5.55. The van der Waals surface area contributed by atoms with Crippen LogP contribution in [0.2, 0.25) is 0 Å². The van der Waals surface area contributed by atoms with E-state index in [1.54, 1.807) is 13.1 Å². The van der Waals surface area contributed by atoms with Crippen molar-refractivity contribution in [2.45, 2.75) is 25.7 Å². The standard InChI is InChI=1S/C13H18N2O3/c1-14-11-7-12(15(16)17)9-13(8-11)18-6-5-10-3-2-4-10/h7-10,14H,2-6H2,1H3. The van der Waals surface area contributed by atoms with Crippen LogP contribution in [0.1, 0.15) is 25.7 Å². The number of hydrogen-bond donors (Lipinski definition) is 1. The molecule has 1 aliphatic rings. The van der Waals surface area contributed by atoms with E-state index >= 15 is 0 Å². The summed E-state index contributed by atoms with van der Waals surface area (Å²) in [6, 6.07) is 4.76. The molecule has 0 spiro atoms. The van der Waals surface area contributed by atoms with Gasteiger partial charge in [0.15, 0.2) is 0 Å². The first kappa shape index (κ1) is 12.7. The lowest BCUT2D eigenvalue weighted by atomic mass is 9.83. The van der Waals surface area contributed by atoms with Crippen molar-refractivity contribution in [2.75, 3.05) is 19.0 Å². The molecular formula is C13H18N2O3. The molecule has 5 nitrogen and oxygen atoms in total. The van der Waals surface area contributed by atoms with Crippen molar-refractivity contribution in [3.63, 3.8) is 0 Å². The molecule has 0 unspecified atom stereocenters. The maximum Gasteiger partial charge on any atom is 0.275 e. The van der Waals surface area contributed by atoms with Crippen molar-refractivity contribution in [3.8, 4) is 5.75 Å². The molecule has 0 atom stereocenters. The predicted molar refractivity (Wildman–Crippen MR) is 70.1 cm³/mol. The van der Waals surface area contributed by atoms with Gasteiger partial charge in [0.2, 0.25) is 0 Å². The molecule has 98 valence electrons. The second-order valence-electron chi connectivity index (χ2n) is 4.66. The number of nitrogens with one attached hydrogen (secondary N) is 1. The Balaban J connectivity index is 1.96. The summed E-state index contributed by atoms with van der Waals surface area (Å²) < 4.78 is 5.60. The molecule has 0 aliphatic heterocycles. The summed E-state index contributed by atoms with van der Waals surface area (Å²) in [6.07, 6.45) is 4.95. The molecule has 2 rings (SSSR count). The summed E-state index contributed by atoms with van der Waals surface area (Å²) in [7, 11) is 1.73. The van der Waals surface area contributed by atoms with Crippen molar-refractivity contribution in [2.24, 2.45) is 5.92 Å². The lowest BCUT2D eigenvalue weighted by Gasteiger charge is -2.24. The van der Waals surface area contributed by atoms with Crippen molar-refractivity contribution in [1.29, 1.82) is 0 Å². The van der Waals surface area contributed by atoms with E-state index in [0.717, 1.165) is 12.3 Å². The first-order valence-corrected chi connectivity index (χ1v) is 6.29. The molecule has 1 fully saturated rings. The van der Waals surface area contributed by atoms with Gasteiger partial charge in [0.1, 0.15) is 5.75 Å². The van der Waals surface area contributed by atoms with Crippen LogP contribution in [-0.4, -0.2) is 18.6 Å². The number of nitro benzene ring substituents is 1. The molecular weight excluding hydrogens is 232 g/mol. The van der Waals surface area contributed by atoms with Gasteiger partial charge in [0.25, 0.3) is 5.69 Å². The van der Waals surface area contributed by atoms with E-state index in [1.165, 1.54) is 31.4 Å². The molecule has 1 aromatic carbocycles. The Morgan fingerprint density at radius 3 is 2.78 bits per heavy atom. The maximum atomic E-state index is 10.8. The largest absolute Gasteiger partial charge is 0.493 e. The lowest BCUT2D eigenvalue weighted by molar-refractivity contribution is -0.384. The molecule has 1 aromatic rings. The van der Waals surface area contributed by atoms with Gasteiger partial charge < -0.3 is 10.1 Å². The smallest absolute Gasteiger partial charge is 0.275 e. The van der Waals surface area contributed by atoms with Gasteiger partial charge in [0.05, 0.1) is 17.6 Å². The minimum atomic E-state index is -0.403. The second kappa shape index (κ2) is 5.71. The minimum Gasteiger partial charge on any atom is -0.493 e. The number of benzene rings is 1. The molecule has 1 saturated carbocycles. The fourth-order valence-corrected chi connectivity index (χ4v) is 2.04. The Morgan fingerprint density at radius 2 is 2.22 bits per heavy atom. The molecule has 18 heavy (non-hydrogen) atoms. The lowest BCUT2D eigenvalue weighted by Crippen LogP contribution is -2.14. The van der Waals surface area contributed by atoms with E-state index in [9.17, 15) is 10.1 Å². The van der Waals surface area contributed by atoms with Gasteiger partial charge in [-0.2, -0.15) is 0 Å². The number of nitro groups is 1. The van der Waals surface area contributed by atoms with Gasteiger partial charge in [-0.15, -0.1) is 0 Å². The molecule has 0 bridgehead atoms. The van der Waals surface area contributed by atoms with E-state index in [0.29, 0.717) is 18.0 Å². The number of rotatable bonds is 6. The average molecular weight is 250 g/mol. The number of nitrogens with zero attached hydrogens (tertiary/aromatic N) is 1. The molecule has 0 saturated heterocycles. The zero-order valence-corrected chi connectivity index (χ0v) is 10.5. The summed E-state index contributed by atoms with van der Waals surface area (Å²) >= 11 is 0. The normalized spacial score (nSPS) is 14.9. The van der Waals surface area contributed by atoms with Crippen molar-refractivity contribution in [1.82, 2.24) is 0 Å². The molecule has 1 N–H and O–H groups in total. The van der Waals surface area contributed by atoms with Gasteiger partial charge in [-0.1, -0.05) is 19.3 Å². The van der Waals surface area contributed by atoms with Crippen LogP contribution in [0.25, 0.3) is 0 Å². The fourth-order valence-electron chi connectivity index (χ4n) is 2.04. The van der Waals surface area contributed by atoms with Crippen molar-refractivity contribution in [3.05, 3.63) is 28.3 Å². The first-order chi connectivity index (χ1) is 8.69. The van der Waals surface area contributed by atoms with Gasteiger partial charge in [-0.3, -0.25) is 10.1 Å². The molecule has 0 heterocycles. The van der Waals surface area contributed by atoms with Crippen molar-refractivity contribution >= 4 is 11.4 Å². The number of non-ortho nitro benzene ring substituents is 1. The predicted octanol–water partition coefficient (Wildman–Crippen LogP) is 3.21. The highest BCUT2D eigenvalue weighted by Gasteiger charge is 2.17. The summed E-state index contributed by atoms with van der Waals surface area (Å²) in [4.78, 5) is 10.4. The minimum absolute atomic E-state index is 0.0560. The van der Waals surface area contributed by atoms with Crippen LogP contribution < -0.4 is 10.1 Å². The third-order valence-corrected chi connectivity index (χ3v) is 3.41. The third-order valence-electron chi connectivity index (χ3n) is 3.41. The fraction of sp³-hybridized carbons (Fsp3) is 0.538. The molecule has 5 heteroatoms. The van der Waals surface area contributed by atoms with E-state index < -0.39 is 4.92 Å². The van der Waals surface area contributed by atoms with Gasteiger partial charge in [-0.05, 0) is 12.3 Å². The highest BCUT2D eigenvalue weighted by Crippen LogP contribution is 2.30. The topological polar surface area (TPSA) is 64.4 Å². The zero-order valence-electron chi connectivity index (χ0n) is 10.5. The van der Waals surface area contributed by atoms with E-state index in [-0.39, 0.29) is 5.69 Å². The van der Waals surface area contributed by atoms with E-state index in [2.05, 4.69) is 5.32 Å². The van der Waals surface area contributed by atoms with Crippen LogP contribution in [0, 0.1) is 16.0 Å². The van der Waals surface area contributed by atoms with Crippen LogP contribution in [0.5, 0.6) is 5.75 Å². The number of hydrogen-bond acceptors (Lipinski definition) is 4. The first-order valence-electron chi connectivity index (χ1n) is 6.29. The Kier molecular flexibility index (Phi) is 4.02. The monoisotopic (exact) mass is 250 g/mol. The van der Waals surface area contributed by atoms with Crippen LogP contribution in [0.15, 0.2) is 18.2 Å². The van der Waals surface area contributed by atoms with Crippen molar-refractivity contribution < 1.29 is 9.66 Å². The van der Waals surface area contributed by atoms with Gasteiger partial charge in [0, 0.05) is 24.9 Å². The molecule has 0 amide bonds. The highest BCUT2D eigenvalue weighted by atomic mass is 16.6. The molecule has 1 aliphatic carbocycles.